The predicted octanol–water partition coefficient (Wildman–Crippen LogP) is 2.46. The van der Waals surface area contributed by atoms with Crippen molar-refractivity contribution in [3.05, 3.63) is 55.6 Å². The summed E-state index contributed by atoms with van der Waals surface area (Å²) in [6.45, 7) is 4.13. The van der Waals surface area contributed by atoms with Crippen molar-refractivity contribution >= 4 is 23.5 Å². The average Bonchev–Trinajstić information content (AvgIpc) is 3.07. The number of aromatic nitrogens is 2. The van der Waals surface area contributed by atoms with Crippen molar-refractivity contribution in [2.45, 2.75) is 19.8 Å². The van der Waals surface area contributed by atoms with Crippen LogP contribution >= 0.6 is 0 Å². The van der Waals surface area contributed by atoms with E-state index in [-0.39, 0.29) is 5.82 Å². The topological polar surface area (TPSA) is 112 Å². The molecule has 130 valence electrons. The second kappa shape index (κ2) is 6.76. The van der Waals surface area contributed by atoms with Crippen LogP contribution in [-0.2, 0) is 0 Å². The van der Waals surface area contributed by atoms with Gasteiger partial charge in [-0.15, -0.1) is 0 Å². The summed E-state index contributed by atoms with van der Waals surface area (Å²) in [4.78, 5) is 29.6. The van der Waals surface area contributed by atoms with Crippen LogP contribution in [0.25, 0.3) is 12.2 Å². The number of H-pyrrole nitrogens is 1. The first kappa shape index (κ1) is 16.7. The fraction of sp³-hybridized carbons (Fsp3) is 0.294. The Balaban J connectivity index is 1.84. The molecule has 2 N–H and O–H groups in total. The second-order valence-corrected chi connectivity index (χ2v) is 5.95. The molecule has 1 aromatic carbocycles. The van der Waals surface area contributed by atoms with Crippen molar-refractivity contribution in [3.8, 4) is 5.88 Å². The van der Waals surface area contributed by atoms with E-state index in [4.69, 9.17) is 0 Å². The fourth-order valence-corrected chi connectivity index (χ4v) is 2.90. The molecule has 0 spiro atoms. The third-order valence-corrected chi connectivity index (χ3v) is 4.22. The maximum atomic E-state index is 11.6. The van der Waals surface area contributed by atoms with Gasteiger partial charge in [0, 0.05) is 18.8 Å². The zero-order valence-corrected chi connectivity index (χ0v) is 13.7. The highest BCUT2D eigenvalue weighted by Crippen LogP contribution is 2.24. The number of anilines is 1. The lowest BCUT2D eigenvalue weighted by molar-refractivity contribution is -0.387. The summed E-state index contributed by atoms with van der Waals surface area (Å²) in [7, 11) is 0. The van der Waals surface area contributed by atoms with E-state index >= 15 is 0 Å². The van der Waals surface area contributed by atoms with Crippen molar-refractivity contribution in [2.75, 3.05) is 18.0 Å². The summed E-state index contributed by atoms with van der Waals surface area (Å²) < 4.78 is 0. The predicted molar refractivity (Wildman–Crippen MR) is 94.7 cm³/mol. The molecule has 1 aliphatic heterocycles. The number of aromatic hydroxyl groups is 1. The van der Waals surface area contributed by atoms with E-state index in [1.165, 1.54) is 24.6 Å². The molecule has 0 radical (unpaired) electrons. The van der Waals surface area contributed by atoms with Gasteiger partial charge >= 0.3 is 11.2 Å². The molecule has 1 aromatic heterocycles. The molecule has 0 saturated carbocycles. The minimum Gasteiger partial charge on any atom is -0.488 e. The van der Waals surface area contributed by atoms with Gasteiger partial charge < -0.3 is 15.0 Å². The van der Waals surface area contributed by atoms with Gasteiger partial charge in [-0.1, -0.05) is 12.1 Å². The van der Waals surface area contributed by atoms with Gasteiger partial charge in [0.15, 0.2) is 0 Å². The number of hydrogen-bond acceptors (Lipinski definition) is 6. The molecule has 2 aromatic rings. The average molecular weight is 342 g/mol. The molecule has 0 bridgehead atoms. The first-order valence-electron chi connectivity index (χ1n) is 7.97. The van der Waals surface area contributed by atoms with Crippen LogP contribution in [0.5, 0.6) is 5.88 Å². The summed E-state index contributed by atoms with van der Waals surface area (Å²) in [5.74, 6) is -0.842. The zero-order chi connectivity index (χ0) is 18.0. The molecule has 0 amide bonds. The Morgan fingerprint density at radius 1 is 1.32 bits per heavy atom. The molecule has 1 fully saturated rings. The van der Waals surface area contributed by atoms with E-state index in [0.717, 1.165) is 24.2 Å². The summed E-state index contributed by atoms with van der Waals surface area (Å²) in [6.07, 6.45) is 5.67. The van der Waals surface area contributed by atoms with Gasteiger partial charge in [-0.05, 0) is 49.1 Å². The SMILES string of the molecule is Cc1cc(N2CCCC2)ccc1/C=C\c1nc(O)c([N+](=O)[O-])c(=O)[nH]1. The molecule has 25 heavy (non-hydrogen) atoms. The maximum absolute atomic E-state index is 11.6. The molecular formula is C17H18N4O4. The molecule has 1 saturated heterocycles. The zero-order valence-electron chi connectivity index (χ0n) is 13.7. The summed E-state index contributed by atoms with van der Waals surface area (Å²) in [6, 6.07) is 6.12. The molecule has 0 unspecified atom stereocenters. The van der Waals surface area contributed by atoms with E-state index < -0.39 is 22.0 Å². The van der Waals surface area contributed by atoms with E-state index in [1.54, 1.807) is 6.08 Å². The number of nitrogens with zero attached hydrogens (tertiary/aromatic N) is 3. The highest BCUT2D eigenvalue weighted by Gasteiger charge is 2.21. The molecule has 8 heteroatoms. The third-order valence-electron chi connectivity index (χ3n) is 4.22. The van der Waals surface area contributed by atoms with E-state index in [1.807, 2.05) is 19.1 Å². The quantitative estimate of drug-likeness (QED) is 0.652. The Morgan fingerprint density at radius 2 is 2.04 bits per heavy atom. The van der Waals surface area contributed by atoms with Crippen LogP contribution < -0.4 is 10.5 Å². The smallest absolute Gasteiger partial charge is 0.395 e. The number of aryl methyl sites for hydroxylation is 1. The molecule has 2 heterocycles. The standard InChI is InChI=1S/C17H18N4O4/c1-11-10-13(20-8-2-3-9-20)6-4-12(11)5-7-14-18-16(22)15(21(24)25)17(23)19-14/h4-7,10H,2-3,8-9H2,1H3,(H2,18,19,22,23)/b7-5-. The lowest BCUT2D eigenvalue weighted by Gasteiger charge is -2.18. The monoisotopic (exact) mass is 342 g/mol. The van der Waals surface area contributed by atoms with Gasteiger partial charge in [-0.2, -0.15) is 4.98 Å². The Labute approximate surface area is 143 Å². The molecule has 1 aliphatic rings. The summed E-state index contributed by atoms with van der Waals surface area (Å²) in [5.41, 5.74) is 1.24. The third kappa shape index (κ3) is 3.52. The number of aromatic amines is 1. The van der Waals surface area contributed by atoms with Crippen LogP contribution in [0, 0.1) is 17.0 Å². The summed E-state index contributed by atoms with van der Waals surface area (Å²) in [5, 5.41) is 20.2. The Kier molecular flexibility index (Phi) is 4.51. The van der Waals surface area contributed by atoms with Crippen molar-refractivity contribution in [1.82, 2.24) is 9.97 Å². The van der Waals surface area contributed by atoms with Crippen LogP contribution in [0.2, 0.25) is 0 Å². The Morgan fingerprint density at radius 3 is 2.64 bits per heavy atom. The van der Waals surface area contributed by atoms with Gasteiger partial charge in [-0.3, -0.25) is 14.9 Å². The van der Waals surface area contributed by atoms with Crippen molar-refractivity contribution in [2.24, 2.45) is 0 Å². The van der Waals surface area contributed by atoms with Crippen LogP contribution in [-0.4, -0.2) is 33.1 Å². The first-order valence-corrected chi connectivity index (χ1v) is 7.97. The van der Waals surface area contributed by atoms with Crippen molar-refractivity contribution in [1.29, 1.82) is 0 Å². The Bertz CT molecular complexity index is 898. The first-order chi connectivity index (χ1) is 12.0. The van der Waals surface area contributed by atoms with E-state index in [9.17, 15) is 20.0 Å². The number of hydrogen-bond donors (Lipinski definition) is 2. The highest BCUT2D eigenvalue weighted by molar-refractivity contribution is 5.70. The second-order valence-electron chi connectivity index (χ2n) is 5.95. The largest absolute Gasteiger partial charge is 0.488 e. The van der Waals surface area contributed by atoms with Gasteiger partial charge in [0.2, 0.25) is 0 Å². The normalized spacial score (nSPS) is 14.4. The number of rotatable bonds is 4. The molecule has 0 atom stereocenters. The van der Waals surface area contributed by atoms with Crippen LogP contribution in [0.1, 0.15) is 29.8 Å². The number of benzene rings is 1. The highest BCUT2D eigenvalue weighted by atomic mass is 16.6. The van der Waals surface area contributed by atoms with E-state index in [0.29, 0.717) is 0 Å². The molecule has 8 nitrogen and oxygen atoms in total. The van der Waals surface area contributed by atoms with Gasteiger partial charge in [0.05, 0.1) is 4.92 Å². The number of nitrogens with one attached hydrogen (secondary N) is 1. The van der Waals surface area contributed by atoms with Gasteiger partial charge in [-0.25, -0.2) is 0 Å². The lowest BCUT2D eigenvalue weighted by Crippen LogP contribution is -2.17. The lowest BCUT2D eigenvalue weighted by atomic mass is 10.1. The van der Waals surface area contributed by atoms with Crippen LogP contribution in [0.15, 0.2) is 23.0 Å². The number of nitro groups is 1. The van der Waals surface area contributed by atoms with Crippen LogP contribution in [0.4, 0.5) is 11.4 Å². The van der Waals surface area contributed by atoms with Crippen molar-refractivity contribution < 1.29 is 10.0 Å². The van der Waals surface area contributed by atoms with E-state index in [2.05, 4.69) is 20.9 Å². The molecule has 0 aliphatic carbocycles. The Hall–Kier alpha value is -3.16. The molecule has 3 rings (SSSR count). The minimum atomic E-state index is -0.988. The maximum Gasteiger partial charge on any atom is 0.395 e. The van der Waals surface area contributed by atoms with Crippen molar-refractivity contribution in [3.63, 3.8) is 0 Å². The van der Waals surface area contributed by atoms with Crippen LogP contribution in [0.3, 0.4) is 0 Å². The summed E-state index contributed by atoms with van der Waals surface area (Å²) >= 11 is 0. The fourth-order valence-electron chi connectivity index (χ4n) is 2.90. The van der Waals surface area contributed by atoms with Gasteiger partial charge in [0.1, 0.15) is 5.82 Å². The van der Waals surface area contributed by atoms with Gasteiger partial charge in [0.25, 0.3) is 5.88 Å². The minimum absolute atomic E-state index is 0.0520. The molecular weight excluding hydrogens is 324 g/mol.